The van der Waals surface area contributed by atoms with E-state index in [1.54, 1.807) is 4.73 Å². The van der Waals surface area contributed by atoms with Gasteiger partial charge in [0.15, 0.2) is 6.61 Å². The minimum atomic E-state index is 0.693. The lowest BCUT2D eigenvalue weighted by molar-refractivity contribution is -0.891. The molecule has 15 heavy (non-hydrogen) atoms. The molecule has 1 aromatic heterocycles. The summed E-state index contributed by atoms with van der Waals surface area (Å²) in [6, 6.07) is 16.2. The van der Waals surface area contributed by atoms with Crippen LogP contribution in [0.3, 0.4) is 0 Å². The van der Waals surface area contributed by atoms with E-state index in [4.69, 9.17) is 4.84 Å². The average molecular weight is 200 g/mol. The van der Waals surface area contributed by atoms with Crippen LogP contribution in [0.4, 0.5) is 0 Å². The summed E-state index contributed by atoms with van der Waals surface area (Å²) in [4.78, 5) is 5.53. The van der Waals surface area contributed by atoms with Gasteiger partial charge in [0.05, 0.1) is 0 Å². The molecule has 0 aliphatic heterocycles. The number of rotatable bonds is 4. The fraction of sp³-hybridized carbons (Fsp3) is 0.154. The highest BCUT2D eigenvalue weighted by Crippen LogP contribution is 1.97. The molecule has 0 radical (unpaired) electrons. The second-order valence-corrected chi connectivity index (χ2v) is 3.30. The van der Waals surface area contributed by atoms with Crippen molar-refractivity contribution in [1.29, 1.82) is 0 Å². The Morgan fingerprint density at radius 1 is 0.867 bits per heavy atom. The van der Waals surface area contributed by atoms with Crippen molar-refractivity contribution in [2.75, 3.05) is 6.61 Å². The van der Waals surface area contributed by atoms with E-state index in [1.807, 2.05) is 48.8 Å². The molecule has 0 fully saturated rings. The molecule has 0 aliphatic rings. The average Bonchev–Trinajstić information content (AvgIpc) is 2.32. The van der Waals surface area contributed by atoms with Gasteiger partial charge in [-0.15, -0.1) is 0 Å². The van der Waals surface area contributed by atoms with Gasteiger partial charge in [-0.05, 0) is 5.56 Å². The number of hydrogen-bond donors (Lipinski definition) is 0. The topological polar surface area (TPSA) is 13.1 Å². The molecule has 1 aromatic carbocycles. The molecule has 2 rings (SSSR count). The molecule has 2 aromatic rings. The zero-order chi connectivity index (χ0) is 10.3. The van der Waals surface area contributed by atoms with Crippen molar-refractivity contribution in [2.24, 2.45) is 0 Å². The summed E-state index contributed by atoms with van der Waals surface area (Å²) < 4.78 is 1.73. The Labute approximate surface area is 89.7 Å². The Balaban J connectivity index is 1.81. The third-order valence-electron chi connectivity index (χ3n) is 2.16. The van der Waals surface area contributed by atoms with Gasteiger partial charge in [0, 0.05) is 23.3 Å². The van der Waals surface area contributed by atoms with Crippen LogP contribution >= 0.6 is 0 Å². The fourth-order valence-corrected chi connectivity index (χ4v) is 1.38. The van der Waals surface area contributed by atoms with Crippen molar-refractivity contribution < 1.29 is 9.57 Å². The number of benzene rings is 1. The molecule has 0 unspecified atom stereocenters. The summed E-state index contributed by atoms with van der Waals surface area (Å²) in [5, 5.41) is 0. The van der Waals surface area contributed by atoms with E-state index in [9.17, 15) is 0 Å². The predicted octanol–water partition coefficient (Wildman–Crippen LogP) is 1.65. The molecule has 0 bridgehead atoms. The van der Waals surface area contributed by atoms with E-state index in [2.05, 4.69) is 12.1 Å². The third kappa shape index (κ3) is 3.09. The summed E-state index contributed by atoms with van der Waals surface area (Å²) in [5.74, 6) is 0. The molecule has 0 N–H and O–H groups in total. The highest BCUT2D eigenvalue weighted by Gasteiger charge is 1.98. The molecule has 0 atom stereocenters. The lowest BCUT2D eigenvalue weighted by Gasteiger charge is -1.99. The highest BCUT2D eigenvalue weighted by molar-refractivity contribution is 5.14. The molecule has 1 heterocycles. The second kappa shape index (κ2) is 5.15. The van der Waals surface area contributed by atoms with Gasteiger partial charge < -0.3 is 0 Å². The van der Waals surface area contributed by atoms with E-state index >= 15 is 0 Å². The van der Waals surface area contributed by atoms with Crippen LogP contribution in [0.5, 0.6) is 0 Å². The molecule has 0 amide bonds. The smallest absolute Gasteiger partial charge is 0.222 e. The van der Waals surface area contributed by atoms with Crippen LogP contribution < -0.4 is 9.57 Å². The summed E-state index contributed by atoms with van der Waals surface area (Å²) in [6.07, 6.45) is 4.72. The quantitative estimate of drug-likeness (QED) is 0.684. The normalized spacial score (nSPS) is 9.87. The first kappa shape index (κ1) is 9.71. The summed E-state index contributed by atoms with van der Waals surface area (Å²) >= 11 is 0. The monoisotopic (exact) mass is 200 g/mol. The number of pyridine rings is 1. The number of hydrogen-bond acceptors (Lipinski definition) is 1. The molecule has 0 saturated heterocycles. The summed E-state index contributed by atoms with van der Waals surface area (Å²) in [5.41, 5.74) is 1.30. The van der Waals surface area contributed by atoms with Crippen molar-refractivity contribution in [3.8, 4) is 0 Å². The van der Waals surface area contributed by atoms with Crippen LogP contribution in [0, 0.1) is 0 Å². The summed E-state index contributed by atoms with van der Waals surface area (Å²) in [6.45, 7) is 0.693. The zero-order valence-corrected chi connectivity index (χ0v) is 8.54. The first-order chi connectivity index (χ1) is 7.45. The predicted molar refractivity (Wildman–Crippen MR) is 58.2 cm³/mol. The minimum absolute atomic E-state index is 0.693. The van der Waals surface area contributed by atoms with Crippen LogP contribution in [0.2, 0.25) is 0 Å². The maximum atomic E-state index is 5.53. The largest absolute Gasteiger partial charge is 0.271 e. The van der Waals surface area contributed by atoms with Crippen molar-refractivity contribution in [2.45, 2.75) is 6.42 Å². The molecule has 76 valence electrons. The van der Waals surface area contributed by atoms with Gasteiger partial charge in [-0.1, -0.05) is 36.4 Å². The lowest BCUT2D eigenvalue weighted by atomic mass is 10.2. The Hall–Kier alpha value is -1.83. The van der Waals surface area contributed by atoms with Crippen LogP contribution in [-0.4, -0.2) is 6.61 Å². The van der Waals surface area contributed by atoms with E-state index in [1.165, 1.54) is 5.56 Å². The molecule has 0 spiro atoms. The molecule has 0 saturated carbocycles. The Morgan fingerprint density at radius 2 is 1.53 bits per heavy atom. The van der Waals surface area contributed by atoms with Crippen LogP contribution in [0.1, 0.15) is 5.56 Å². The van der Waals surface area contributed by atoms with E-state index in [-0.39, 0.29) is 0 Å². The van der Waals surface area contributed by atoms with Gasteiger partial charge >= 0.3 is 0 Å². The number of nitrogens with zero attached hydrogens (tertiary/aromatic N) is 1. The van der Waals surface area contributed by atoms with Crippen molar-refractivity contribution in [3.63, 3.8) is 0 Å². The van der Waals surface area contributed by atoms with Crippen LogP contribution in [0.15, 0.2) is 60.9 Å². The van der Waals surface area contributed by atoms with Crippen LogP contribution in [-0.2, 0) is 6.42 Å². The first-order valence-electron chi connectivity index (χ1n) is 5.09. The van der Waals surface area contributed by atoms with Gasteiger partial charge in [-0.25, -0.2) is 0 Å². The molecule has 2 heteroatoms. The molecule has 2 nitrogen and oxygen atoms in total. The van der Waals surface area contributed by atoms with Gasteiger partial charge in [-0.3, -0.25) is 4.84 Å². The van der Waals surface area contributed by atoms with Gasteiger partial charge in [0.1, 0.15) is 0 Å². The second-order valence-electron chi connectivity index (χ2n) is 3.30. The van der Waals surface area contributed by atoms with E-state index in [0.717, 1.165) is 6.42 Å². The SMILES string of the molecule is c1ccc(CCO[n+]2ccccc2)cc1. The molecular weight excluding hydrogens is 186 g/mol. The minimum Gasteiger partial charge on any atom is -0.271 e. The maximum Gasteiger partial charge on any atom is 0.222 e. The van der Waals surface area contributed by atoms with Gasteiger partial charge in [0.2, 0.25) is 12.4 Å². The van der Waals surface area contributed by atoms with Gasteiger partial charge in [-0.2, -0.15) is 0 Å². The Morgan fingerprint density at radius 3 is 2.27 bits per heavy atom. The van der Waals surface area contributed by atoms with Crippen LogP contribution in [0.25, 0.3) is 0 Å². The lowest BCUT2D eigenvalue weighted by Crippen LogP contribution is -2.42. The Kier molecular flexibility index (Phi) is 3.34. The Bertz CT molecular complexity index is 346. The first-order valence-corrected chi connectivity index (χ1v) is 5.09. The summed E-state index contributed by atoms with van der Waals surface area (Å²) in [7, 11) is 0. The van der Waals surface area contributed by atoms with Gasteiger partial charge in [0.25, 0.3) is 0 Å². The maximum absolute atomic E-state index is 5.53. The third-order valence-corrected chi connectivity index (χ3v) is 2.16. The standard InChI is InChI=1S/C13H14NO/c1-3-7-13(8-4-1)9-12-15-14-10-5-2-6-11-14/h1-8,10-11H,9,12H2/q+1. The fourth-order valence-electron chi connectivity index (χ4n) is 1.38. The molecular formula is C13H14NO+. The van der Waals surface area contributed by atoms with Crippen molar-refractivity contribution in [3.05, 3.63) is 66.5 Å². The zero-order valence-electron chi connectivity index (χ0n) is 8.54. The van der Waals surface area contributed by atoms with E-state index < -0.39 is 0 Å². The van der Waals surface area contributed by atoms with E-state index in [0.29, 0.717) is 6.61 Å². The molecule has 0 aliphatic carbocycles. The number of aromatic nitrogens is 1. The van der Waals surface area contributed by atoms with Crippen molar-refractivity contribution in [1.82, 2.24) is 0 Å². The van der Waals surface area contributed by atoms with Crippen molar-refractivity contribution >= 4 is 0 Å². The highest BCUT2D eigenvalue weighted by atomic mass is 16.7.